The number of benzene rings is 3. The second-order valence-corrected chi connectivity index (χ2v) is 10.8. The quantitative estimate of drug-likeness (QED) is 0.187. The van der Waals surface area contributed by atoms with Gasteiger partial charge in [0.25, 0.3) is 0 Å². The molecular formula is C33H31ClFN5O3. The third-order valence-electron chi connectivity index (χ3n) is 7.82. The molecule has 3 heterocycles. The van der Waals surface area contributed by atoms with Crippen LogP contribution in [-0.4, -0.2) is 52.5 Å². The van der Waals surface area contributed by atoms with Crippen molar-refractivity contribution in [2.45, 2.75) is 32.0 Å². The second kappa shape index (κ2) is 12.6. The highest BCUT2D eigenvalue weighted by atomic mass is 35.5. The first kappa shape index (κ1) is 28.9. The normalized spacial score (nSPS) is 16.8. The Balaban J connectivity index is 1.31. The van der Waals surface area contributed by atoms with Gasteiger partial charge in [-0.25, -0.2) is 14.4 Å². The van der Waals surface area contributed by atoms with E-state index >= 15 is 4.39 Å². The molecule has 1 aliphatic heterocycles. The van der Waals surface area contributed by atoms with Gasteiger partial charge >= 0.3 is 0 Å². The highest BCUT2D eigenvalue weighted by molar-refractivity contribution is 6.36. The molecule has 0 amide bonds. The molecule has 43 heavy (non-hydrogen) atoms. The Labute approximate surface area is 253 Å². The summed E-state index contributed by atoms with van der Waals surface area (Å²) in [6.07, 6.45) is 4.99. The number of aliphatic hydroxyl groups excluding tert-OH is 1. The van der Waals surface area contributed by atoms with Crippen molar-refractivity contribution in [3.8, 4) is 28.0 Å². The van der Waals surface area contributed by atoms with Gasteiger partial charge in [-0.05, 0) is 54.3 Å². The topological polar surface area (TPSA) is 101 Å². The molecule has 2 atom stereocenters. The highest BCUT2D eigenvalue weighted by Gasteiger charge is 2.24. The molecule has 0 unspecified atom stereocenters. The molecule has 1 fully saturated rings. The van der Waals surface area contributed by atoms with Gasteiger partial charge in [0.15, 0.2) is 5.82 Å². The molecule has 0 bridgehead atoms. The molecule has 6 rings (SSSR count). The lowest BCUT2D eigenvalue weighted by Crippen LogP contribution is -2.46. The smallest absolute Gasteiger partial charge is 0.158 e. The van der Waals surface area contributed by atoms with Gasteiger partial charge in [-0.1, -0.05) is 41.9 Å². The fraction of sp³-hybridized carbons (Fsp3) is 0.242. The van der Waals surface area contributed by atoms with Crippen molar-refractivity contribution in [1.82, 2.24) is 20.3 Å². The molecule has 10 heteroatoms. The van der Waals surface area contributed by atoms with Gasteiger partial charge in [-0.3, -0.25) is 4.98 Å². The Morgan fingerprint density at radius 3 is 2.65 bits per heavy atom. The first-order valence-electron chi connectivity index (χ1n) is 14.0. The number of fused-ring (bicyclic) bond motifs is 1. The summed E-state index contributed by atoms with van der Waals surface area (Å²) in [5, 5.41) is 17.4. The van der Waals surface area contributed by atoms with Crippen LogP contribution in [0.5, 0.6) is 5.75 Å². The summed E-state index contributed by atoms with van der Waals surface area (Å²) in [7, 11) is 1.52. The van der Waals surface area contributed by atoms with Crippen LogP contribution in [0.2, 0.25) is 5.02 Å². The fourth-order valence-electron chi connectivity index (χ4n) is 5.46. The van der Waals surface area contributed by atoms with Gasteiger partial charge in [0.2, 0.25) is 0 Å². The molecule has 8 nitrogen and oxygen atoms in total. The van der Waals surface area contributed by atoms with Crippen LogP contribution in [0.1, 0.15) is 17.5 Å². The number of halogens is 2. The van der Waals surface area contributed by atoms with Crippen LogP contribution in [0.15, 0.2) is 73.2 Å². The van der Waals surface area contributed by atoms with Crippen LogP contribution in [0, 0.1) is 12.7 Å². The van der Waals surface area contributed by atoms with Crippen molar-refractivity contribution >= 4 is 34.1 Å². The van der Waals surface area contributed by atoms with Crippen molar-refractivity contribution in [2.24, 2.45) is 0 Å². The number of nitrogens with one attached hydrogen (secondary N) is 2. The molecule has 0 saturated carbocycles. The number of hydrogen-bond acceptors (Lipinski definition) is 8. The summed E-state index contributed by atoms with van der Waals surface area (Å²) in [6, 6.07) is 16.6. The zero-order valence-corrected chi connectivity index (χ0v) is 24.5. The van der Waals surface area contributed by atoms with E-state index in [1.54, 1.807) is 24.7 Å². The van der Waals surface area contributed by atoms with E-state index in [-0.39, 0.29) is 19.2 Å². The minimum Gasteiger partial charge on any atom is -0.496 e. The maximum Gasteiger partial charge on any atom is 0.158 e. The van der Waals surface area contributed by atoms with Crippen molar-refractivity contribution in [2.75, 3.05) is 25.6 Å². The highest BCUT2D eigenvalue weighted by Crippen LogP contribution is 2.41. The molecule has 0 radical (unpaired) electrons. The van der Waals surface area contributed by atoms with Gasteiger partial charge in [-0.2, -0.15) is 0 Å². The number of anilines is 2. The van der Waals surface area contributed by atoms with E-state index in [1.807, 2.05) is 49.4 Å². The van der Waals surface area contributed by atoms with Crippen LogP contribution in [0.3, 0.4) is 0 Å². The molecule has 3 aromatic carbocycles. The van der Waals surface area contributed by atoms with E-state index < -0.39 is 11.9 Å². The maximum atomic E-state index is 15.6. The van der Waals surface area contributed by atoms with Crippen LogP contribution >= 0.6 is 11.6 Å². The van der Waals surface area contributed by atoms with Crippen molar-refractivity contribution in [3.63, 3.8) is 0 Å². The molecule has 0 aliphatic carbocycles. The van der Waals surface area contributed by atoms with Crippen LogP contribution in [-0.2, 0) is 11.3 Å². The molecular weight excluding hydrogens is 569 g/mol. The molecule has 220 valence electrons. The summed E-state index contributed by atoms with van der Waals surface area (Å²) in [5.41, 5.74) is 6.63. The Bertz CT molecular complexity index is 1780. The lowest BCUT2D eigenvalue weighted by molar-refractivity contribution is -0.0281. The predicted octanol–water partition coefficient (Wildman–Crippen LogP) is 6.45. The lowest BCUT2D eigenvalue weighted by atomic mass is 9.94. The van der Waals surface area contributed by atoms with Crippen molar-refractivity contribution in [3.05, 3.63) is 95.2 Å². The monoisotopic (exact) mass is 599 g/mol. The largest absolute Gasteiger partial charge is 0.496 e. The third-order valence-corrected chi connectivity index (χ3v) is 8.22. The summed E-state index contributed by atoms with van der Waals surface area (Å²) < 4.78 is 26.4. The average Bonchev–Trinajstić information content (AvgIpc) is 3.02. The van der Waals surface area contributed by atoms with Gasteiger partial charge in [-0.15, -0.1) is 0 Å². The Morgan fingerprint density at radius 2 is 1.81 bits per heavy atom. The number of hydrogen-bond donors (Lipinski definition) is 3. The number of aromatic nitrogens is 3. The molecule has 5 aromatic rings. The maximum absolute atomic E-state index is 15.6. The Kier molecular flexibility index (Phi) is 8.49. The van der Waals surface area contributed by atoms with Crippen LogP contribution < -0.4 is 15.4 Å². The molecule has 3 N–H and O–H groups in total. The average molecular weight is 600 g/mol. The van der Waals surface area contributed by atoms with Crippen molar-refractivity contribution in [1.29, 1.82) is 0 Å². The fourth-order valence-corrected chi connectivity index (χ4v) is 5.79. The standard InChI is InChI=1S/C33H31ClFN5O3/c1-19-21(5-4-8-26(19)40-33-32-28(9-11-38-33)36-12-13-37-32)23-7-3-6-22(31(23)34)20-15-25(35)24(30(16-20)42-2)17-39-27-10-14-43-18-29(27)41/h3-9,11-13,15-16,27,29,39,41H,10,14,17-18H2,1-2H3,(H,38,40)/t27-,29+/m0/s1. The number of ether oxygens (including phenoxy) is 2. The SMILES string of the molecule is COc1cc(-c2cccc(-c3cccc(Nc4nccc5nccnc45)c3C)c2Cl)cc(F)c1CN[C@H]1CCOC[C@H]1O. The van der Waals surface area contributed by atoms with Crippen LogP contribution in [0.25, 0.3) is 33.3 Å². The van der Waals surface area contributed by atoms with E-state index in [1.165, 1.54) is 13.2 Å². The van der Waals surface area contributed by atoms with Crippen LogP contribution in [0.4, 0.5) is 15.9 Å². The van der Waals surface area contributed by atoms with E-state index in [4.69, 9.17) is 21.1 Å². The third kappa shape index (κ3) is 5.89. The molecule has 1 aliphatic rings. The van der Waals surface area contributed by atoms with Gasteiger partial charge in [0.1, 0.15) is 17.1 Å². The zero-order chi connectivity index (χ0) is 29.9. The minimum absolute atomic E-state index is 0.179. The summed E-state index contributed by atoms with van der Waals surface area (Å²) in [4.78, 5) is 13.3. The summed E-state index contributed by atoms with van der Waals surface area (Å²) in [5.74, 6) is 0.589. The van der Waals surface area contributed by atoms with E-state index in [9.17, 15) is 5.11 Å². The van der Waals surface area contributed by atoms with Gasteiger partial charge in [0, 0.05) is 60.2 Å². The predicted molar refractivity (Wildman–Crippen MR) is 166 cm³/mol. The van der Waals surface area contributed by atoms with Gasteiger partial charge in [0.05, 0.1) is 30.4 Å². The second-order valence-electron chi connectivity index (χ2n) is 10.4. The molecule has 1 saturated heterocycles. The van der Waals surface area contributed by atoms with Gasteiger partial charge < -0.3 is 25.2 Å². The van der Waals surface area contributed by atoms with E-state index in [0.29, 0.717) is 51.8 Å². The first-order valence-corrected chi connectivity index (χ1v) is 14.4. The number of pyridine rings is 1. The van der Waals surface area contributed by atoms with E-state index in [2.05, 4.69) is 25.6 Å². The summed E-state index contributed by atoms with van der Waals surface area (Å²) in [6.45, 7) is 3.03. The lowest BCUT2D eigenvalue weighted by Gasteiger charge is -2.29. The number of aliphatic hydroxyl groups is 1. The number of methoxy groups -OCH3 is 1. The Hall–Kier alpha value is -4.15. The Morgan fingerprint density at radius 1 is 1.02 bits per heavy atom. The van der Waals surface area contributed by atoms with E-state index in [0.717, 1.165) is 27.9 Å². The molecule has 2 aromatic heterocycles. The zero-order valence-electron chi connectivity index (χ0n) is 23.8. The minimum atomic E-state index is -0.641. The summed E-state index contributed by atoms with van der Waals surface area (Å²) >= 11 is 7.04. The molecule has 0 spiro atoms. The first-order chi connectivity index (χ1) is 20.9. The van der Waals surface area contributed by atoms with Crippen molar-refractivity contribution < 1.29 is 19.0 Å². The number of rotatable bonds is 8. The number of nitrogens with zero attached hydrogens (tertiary/aromatic N) is 3.